The van der Waals surface area contributed by atoms with E-state index in [1.807, 2.05) is 13.0 Å². The second-order valence-electron chi connectivity index (χ2n) is 4.56. The molecule has 0 aliphatic heterocycles. The number of hydrogen-bond acceptors (Lipinski definition) is 5. The lowest BCUT2D eigenvalue weighted by Gasteiger charge is -2.05. The number of fused-ring (bicyclic) bond motifs is 1. The average Bonchev–Trinajstić information content (AvgIpc) is 2.80. The molecule has 3 N–H and O–H groups in total. The third-order valence-corrected chi connectivity index (χ3v) is 4.03. The molecule has 102 valence electrons. The first-order valence-electron chi connectivity index (χ1n) is 6.41. The summed E-state index contributed by atoms with van der Waals surface area (Å²) in [4.78, 5) is 16.2. The molecular weight excluding hydrogens is 270 g/mol. The summed E-state index contributed by atoms with van der Waals surface area (Å²) in [5, 5.41) is 1.68. The molecule has 0 saturated heterocycles. The van der Waals surface area contributed by atoms with Crippen molar-refractivity contribution >= 4 is 28.6 Å². The zero-order valence-electron chi connectivity index (χ0n) is 11.3. The number of aryl methyl sites for hydroxylation is 1. The number of aromatic nitrogens is 4. The van der Waals surface area contributed by atoms with Gasteiger partial charge in [-0.2, -0.15) is 0 Å². The molecule has 0 amide bonds. The first kappa shape index (κ1) is 12.9. The topological polar surface area (TPSA) is 80.5 Å². The van der Waals surface area contributed by atoms with Crippen molar-refractivity contribution < 1.29 is 0 Å². The minimum atomic E-state index is 0.539. The Bertz CT molecular complexity index is 765. The Morgan fingerprint density at radius 3 is 2.95 bits per heavy atom. The van der Waals surface area contributed by atoms with Gasteiger partial charge in [0.15, 0.2) is 5.16 Å². The summed E-state index contributed by atoms with van der Waals surface area (Å²) in [5.74, 6) is 0.539. The fraction of sp³-hybridized carbons (Fsp3) is 0.214. The molecule has 0 atom stereocenters. The number of H-pyrrole nitrogens is 1. The number of hydrogen-bond donors (Lipinski definition) is 2. The van der Waals surface area contributed by atoms with Crippen molar-refractivity contribution in [3.05, 3.63) is 35.7 Å². The van der Waals surface area contributed by atoms with E-state index in [0.717, 1.165) is 33.2 Å². The van der Waals surface area contributed by atoms with Gasteiger partial charge in [0.25, 0.3) is 0 Å². The predicted molar refractivity (Wildman–Crippen MR) is 80.8 cm³/mol. The third-order valence-electron chi connectivity index (χ3n) is 3.10. The molecule has 20 heavy (non-hydrogen) atoms. The molecule has 0 spiro atoms. The van der Waals surface area contributed by atoms with Gasteiger partial charge in [-0.05, 0) is 42.8 Å². The second kappa shape index (κ2) is 5.13. The molecule has 2 aromatic heterocycles. The predicted octanol–water partition coefficient (Wildman–Crippen LogP) is 2.96. The van der Waals surface area contributed by atoms with Gasteiger partial charge in [-0.15, -0.1) is 0 Å². The number of nitrogens with one attached hydrogen (secondary N) is 1. The molecule has 0 saturated carbocycles. The SMILES string of the molecule is CCc1c(N)ncnc1Sc1nc2ccc(C)cc2[nH]1. The van der Waals surface area contributed by atoms with E-state index < -0.39 is 0 Å². The van der Waals surface area contributed by atoms with Crippen LogP contribution in [-0.2, 0) is 6.42 Å². The van der Waals surface area contributed by atoms with E-state index in [1.54, 1.807) is 0 Å². The van der Waals surface area contributed by atoms with Gasteiger partial charge in [0.1, 0.15) is 17.2 Å². The lowest BCUT2D eigenvalue weighted by molar-refractivity contribution is 0.945. The van der Waals surface area contributed by atoms with E-state index in [4.69, 9.17) is 5.73 Å². The molecule has 0 fully saturated rings. The van der Waals surface area contributed by atoms with Crippen LogP contribution >= 0.6 is 11.8 Å². The van der Waals surface area contributed by atoms with Crippen molar-refractivity contribution in [3.63, 3.8) is 0 Å². The van der Waals surface area contributed by atoms with Gasteiger partial charge in [0.2, 0.25) is 0 Å². The van der Waals surface area contributed by atoms with Gasteiger partial charge in [-0.1, -0.05) is 13.0 Å². The highest BCUT2D eigenvalue weighted by Crippen LogP contribution is 2.30. The maximum absolute atomic E-state index is 5.89. The van der Waals surface area contributed by atoms with Crippen LogP contribution < -0.4 is 5.73 Å². The molecule has 3 rings (SSSR count). The smallest absolute Gasteiger partial charge is 0.172 e. The van der Waals surface area contributed by atoms with E-state index in [0.29, 0.717) is 5.82 Å². The van der Waals surface area contributed by atoms with Crippen molar-refractivity contribution in [2.75, 3.05) is 5.73 Å². The number of nitrogens with zero attached hydrogens (tertiary/aromatic N) is 3. The number of aromatic amines is 1. The quantitative estimate of drug-likeness (QED) is 0.723. The van der Waals surface area contributed by atoms with Crippen molar-refractivity contribution in [1.29, 1.82) is 0 Å². The van der Waals surface area contributed by atoms with Crippen LogP contribution in [0.2, 0.25) is 0 Å². The van der Waals surface area contributed by atoms with Crippen LogP contribution in [0.25, 0.3) is 11.0 Å². The Morgan fingerprint density at radius 1 is 1.30 bits per heavy atom. The number of nitrogens with two attached hydrogens (primary N) is 1. The summed E-state index contributed by atoms with van der Waals surface area (Å²) < 4.78 is 0. The Hall–Kier alpha value is -2.08. The van der Waals surface area contributed by atoms with Gasteiger partial charge in [-0.25, -0.2) is 15.0 Å². The Kier molecular flexibility index (Phi) is 3.31. The van der Waals surface area contributed by atoms with Gasteiger partial charge >= 0.3 is 0 Å². The minimum Gasteiger partial charge on any atom is -0.383 e. The summed E-state index contributed by atoms with van der Waals surface area (Å²) in [7, 11) is 0. The number of benzene rings is 1. The monoisotopic (exact) mass is 285 g/mol. The highest BCUT2D eigenvalue weighted by atomic mass is 32.2. The van der Waals surface area contributed by atoms with Crippen LogP contribution in [0.1, 0.15) is 18.1 Å². The summed E-state index contributed by atoms with van der Waals surface area (Å²) in [6.45, 7) is 4.11. The van der Waals surface area contributed by atoms with E-state index >= 15 is 0 Å². The molecule has 5 nitrogen and oxygen atoms in total. The zero-order valence-corrected chi connectivity index (χ0v) is 12.2. The van der Waals surface area contributed by atoms with Crippen LogP contribution in [-0.4, -0.2) is 19.9 Å². The largest absolute Gasteiger partial charge is 0.383 e. The fourth-order valence-electron chi connectivity index (χ4n) is 2.07. The van der Waals surface area contributed by atoms with Crippen molar-refractivity contribution in [2.45, 2.75) is 30.5 Å². The molecular formula is C14H15N5S. The van der Waals surface area contributed by atoms with Gasteiger partial charge in [0.05, 0.1) is 11.0 Å². The maximum Gasteiger partial charge on any atom is 0.172 e. The highest BCUT2D eigenvalue weighted by molar-refractivity contribution is 7.99. The number of imidazole rings is 1. The average molecular weight is 285 g/mol. The van der Waals surface area contributed by atoms with Crippen molar-refractivity contribution in [2.24, 2.45) is 0 Å². The molecule has 0 unspecified atom stereocenters. The standard InChI is InChI=1S/C14H15N5S/c1-3-9-12(15)16-7-17-13(9)20-14-18-10-5-4-8(2)6-11(10)19-14/h4-7H,3H2,1-2H3,(H,18,19)(H2,15,16,17). The molecule has 2 heterocycles. The Balaban J connectivity index is 1.99. The summed E-state index contributed by atoms with van der Waals surface area (Å²) in [5.41, 5.74) is 10.1. The molecule has 0 radical (unpaired) electrons. The summed E-state index contributed by atoms with van der Waals surface area (Å²) in [6.07, 6.45) is 2.29. The second-order valence-corrected chi connectivity index (χ2v) is 5.54. The molecule has 0 bridgehead atoms. The summed E-state index contributed by atoms with van der Waals surface area (Å²) >= 11 is 1.49. The van der Waals surface area contributed by atoms with Crippen molar-refractivity contribution in [3.8, 4) is 0 Å². The molecule has 0 aliphatic rings. The van der Waals surface area contributed by atoms with Crippen LogP contribution in [0.15, 0.2) is 34.7 Å². The lowest BCUT2D eigenvalue weighted by atomic mass is 10.2. The van der Waals surface area contributed by atoms with Crippen LogP contribution in [0, 0.1) is 6.92 Å². The first-order chi connectivity index (χ1) is 9.67. The third kappa shape index (κ3) is 2.34. The van der Waals surface area contributed by atoms with E-state index in [1.165, 1.54) is 23.7 Å². The first-order valence-corrected chi connectivity index (χ1v) is 7.22. The van der Waals surface area contributed by atoms with Gasteiger partial charge < -0.3 is 10.7 Å². The Labute approximate surface area is 121 Å². The van der Waals surface area contributed by atoms with Gasteiger partial charge in [-0.3, -0.25) is 0 Å². The molecule has 1 aromatic carbocycles. The lowest BCUT2D eigenvalue weighted by Crippen LogP contribution is -2.00. The molecule has 0 aliphatic carbocycles. The zero-order chi connectivity index (χ0) is 14.1. The molecule has 3 aromatic rings. The molecule has 6 heteroatoms. The number of anilines is 1. The van der Waals surface area contributed by atoms with E-state index in [-0.39, 0.29) is 0 Å². The van der Waals surface area contributed by atoms with E-state index in [2.05, 4.69) is 39.0 Å². The van der Waals surface area contributed by atoms with Gasteiger partial charge in [0, 0.05) is 5.56 Å². The number of rotatable bonds is 3. The number of nitrogen functional groups attached to an aromatic ring is 1. The van der Waals surface area contributed by atoms with Crippen molar-refractivity contribution in [1.82, 2.24) is 19.9 Å². The van der Waals surface area contributed by atoms with Crippen LogP contribution in [0.3, 0.4) is 0 Å². The fourth-order valence-corrected chi connectivity index (χ4v) is 3.03. The summed E-state index contributed by atoms with van der Waals surface area (Å²) in [6, 6.07) is 6.15. The Morgan fingerprint density at radius 2 is 2.15 bits per heavy atom. The normalized spacial score (nSPS) is 11.1. The van der Waals surface area contributed by atoms with Crippen LogP contribution in [0.5, 0.6) is 0 Å². The maximum atomic E-state index is 5.89. The van der Waals surface area contributed by atoms with E-state index in [9.17, 15) is 0 Å². The minimum absolute atomic E-state index is 0.539. The van der Waals surface area contributed by atoms with Crippen LogP contribution in [0.4, 0.5) is 5.82 Å². The highest BCUT2D eigenvalue weighted by Gasteiger charge is 2.11.